The van der Waals surface area contributed by atoms with Gasteiger partial charge in [-0.2, -0.15) is 10.4 Å². The summed E-state index contributed by atoms with van der Waals surface area (Å²) < 4.78 is 5.59. The van der Waals surface area contributed by atoms with Crippen LogP contribution in [0.3, 0.4) is 0 Å². The number of hydrogen-bond donors (Lipinski definition) is 1. The number of ether oxygens (including phenoxy) is 1. The lowest BCUT2D eigenvalue weighted by molar-refractivity contribution is -0.121. The molecule has 1 amide bonds. The highest BCUT2D eigenvalue weighted by Crippen LogP contribution is 2.14. The average molecular weight is 335 g/mol. The van der Waals surface area contributed by atoms with E-state index < -0.39 is 11.8 Å². The molecule has 1 atom stereocenters. The average Bonchev–Trinajstić information content (AvgIpc) is 2.65. The number of hydrazone groups is 1. The molecule has 0 aliphatic rings. The van der Waals surface area contributed by atoms with Gasteiger partial charge < -0.3 is 4.74 Å². The maximum absolute atomic E-state index is 12.1. The molecule has 0 saturated heterocycles. The van der Waals surface area contributed by atoms with Crippen molar-refractivity contribution < 1.29 is 9.53 Å². The van der Waals surface area contributed by atoms with Crippen molar-refractivity contribution in [2.24, 2.45) is 5.10 Å². The number of unbranched alkanes of at least 4 members (excludes halogenated alkanes) is 1. The number of benzene rings is 2. The minimum Gasteiger partial charge on any atom is -0.494 e. The minimum atomic E-state index is -0.882. The summed E-state index contributed by atoms with van der Waals surface area (Å²) in [6.45, 7) is 2.82. The Labute approximate surface area is 147 Å². The normalized spacial score (nSPS) is 11.7. The molecule has 0 fully saturated rings. The lowest BCUT2D eigenvalue weighted by Crippen LogP contribution is -2.24. The quantitative estimate of drug-likeness (QED) is 0.455. The van der Waals surface area contributed by atoms with Gasteiger partial charge in [-0.25, -0.2) is 5.43 Å². The number of nitrogens with one attached hydrogen (secondary N) is 1. The van der Waals surface area contributed by atoms with Crippen molar-refractivity contribution in [2.75, 3.05) is 6.61 Å². The second-order valence-electron chi connectivity index (χ2n) is 5.48. The highest BCUT2D eigenvalue weighted by Gasteiger charge is 2.19. The van der Waals surface area contributed by atoms with Crippen LogP contribution in [0, 0.1) is 11.3 Å². The van der Waals surface area contributed by atoms with Gasteiger partial charge in [-0.15, -0.1) is 0 Å². The van der Waals surface area contributed by atoms with Crippen LogP contribution in [0.4, 0.5) is 0 Å². The van der Waals surface area contributed by atoms with Crippen molar-refractivity contribution in [1.82, 2.24) is 5.43 Å². The standard InChI is InChI=1S/C20H21N3O2/c1-2-3-13-25-18-11-9-16(10-12-18)15-22-23-20(24)19(14-21)17-7-5-4-6-8-17/h4-12,15,19H,2-3,13H2,1H3,(H,23,24)/b22-15-/t19-/m0/s1. The molecule has 0 radical (unpaired) electrons. The van der Waals surface area contributed by atoms with Crippen LogP contribution in [0.2, 0.25) is 0 Å². The van der Waals surface area contributed by atoms with Gasteiger partial charge in [0.1, 0.15) is 5.75 Å². The zero-order valence-corrected chi connectivity index (χ0v) is 14.2. The lowest BCUT2D eigenvalue weighted by Gasteiger charge is -2.07. The van der Waals surface area contributed by atoms with Crippen LogP contribution in [0.5, 0.6) is 5.75 Å². The van der Waals surface area contributed by atoms with Crippen LogP contribution in [-0.2, 0) is 4.79 Å². The molecule has 1 N–H and O–H groups in total. The Balaban J connectivity index is 1.89. The number of nitrogens with zero attached hydrogens (tertiary/aromatic N) is 2. The Kier molecular flexibility index (Phi) is 7.20. The first-order valence-corrected chi connectivity index (χ1v) is 8.25. The van der Waals surface area contributed by atoms with Crippen LogP contribution >= 0.6 is 0 Å². The first kappa shape index (κ1) is 18.2. The summed E-state index contributed by atoms with van der Waals surface area (Å²) in [5.74, 6) is -0.527. The van der Waals surface area contributed by atoms with Crippen LogP contribution in [0.25, 0.3) is 0 Å². The van der Waals surface area contributed by atoms with E-state index in [9.17, 15) is 10.1 Å². The van der Waals surface area contributed by atoms with E-state index in [-0.39, 0.29) is 0 Å². The van der Waals surface area contributed by atoms with E-state index in [1.807, 2.05) is 36.4 Å². The third kappa shape index (κ3) is 5.78. The highest BCUT2D eigenvalue weighted by atomic mass is 16.5. The minimum absolute atomic E-state index is 0.454. The summed E-state index contributed by atoms with van der Waals surface area (Å²) in [4.78, 5) is 12.1. The second-order valence-corrected chi connectivity index (χ2v) is 5.48. The van der Waals surface area contributed by atoms with Crippen molar-refractivity contribution >= 4 is 12.1 Å². The summed E-state index contributed by atoms with van der Waals surface area (Å²) in [5, 5.41) is 13.1. The maximum atomic E-state index is 12.1. The lowest BCUT2D eigenvalue weighted by atomic mass is 10.0. The summed E-state index contributed by atoms with van der Waals surface area (Å²) in [6, 6.07) is 18.3. The van der Waals surface area contributed by atoms with E-state index in [1.165, 1.54) is 6.21 Å². The zero-order chi connectivity index (χ0) is 17.9. The van der Waals surface area contributed by atoms with E-state index in [1.54, 1.807) is 24.3 Å². The molecule has 5 heteroatoms. The molecule has 0 aliphatic carbocycles. The number of amides is 1. The molecule has 0 heterocycles. The van der Waals surface area contributed by atoms with Gasteiger partial charge in [-0.05, 0) is 41.8 Å². The second kappa shape index (κ2) is 9.89. The summed E-state index contributed by atoms with van der Waals surface area (Å²) >= 11 is 0. The van der Waals surface area contributed by atoms with Crippen LogP contribution in [0.15, 0.2) is 59.7 Å². The first-order valence-electron chi connectivity index (χ1n) is 8.25. The monoisotopic (exact) mass is 335 g/mol. The fourth-order valence-corrected chi connectivity index (χ4v) is 2.15. The highest BCUT2D eigenvalue weighted by molar-refractivity contribution is 5.88. The molecule has 0 spiro atoms. The number of carbonyl (C=O) groups is 1. The molecule has 0 bridgehead atoms. The molecule has 25 heavy (non-hydrogen) atoms. The topological polar surface area (TPSA) is 74.5 Å². The van der Waals surface area contributed by atoms with Crippen LogP contribution < -0.4 is 10.2 Å². The fraction of sp³-hybridized carbons (Fsp3) is 0.250. The van der Waals surface area contributed by atoms with Gasteiger partial charge in [0.15, 0.2) is 5.92 Å². The molecule has 2 rings (SSSR count). The van der Waals surface area contributed by atoms with E-state index in [0.29, 0.717) is 12.2 Å². The first-order chi connectivity index (χ1) is 12.2. The molecule has 0 aliphatic heterocycles. The Morgan fingerprint density at radius 1 is 1.24 bits per heavy atom. The molecule has 0 saturated carbocycles. The number of nitriles is 1. The largest absolute Gasteiger partial charge is 0.494 e. The van der Waals surface area contributed by atoms with Crippen molar-refractivity contribution in [2.45, 2.75) is 25.7 Å². The van der Waals surface area contributed by atoms with E-state index in [0.717, 1.165) is 24.2 Å². The fourth-order valence-electron chi connectivity index (χ4n) is 2.15. The maximum Gasteiger partial charge on any atom is 0.261 e. The Hall–Kier alpha value is -3.13. The van der Waals surface area contributed by atoms with Crippen molar-refractivity contribution in [3.05, 3.63) is 65.7 Å². The van der Waals surface area contributed by atoms with E-state index in [4.69, 9.17) is 4.74 Å². The molecule has 5 nitrogen and oxygen atoms in total. The van der Waals surface area contributed by atoms with E-state index in [2.05, 4.69) is 17.5 Å². The van der Waals surface area contributed by atoms with Crippen molar-refractivity contribution in [1.29, 1.82) is 5.26 Å². The number of hydrogen-bond acceptors (Lipinski definition) is 4. The van der Waals surface area contributed by atoms with Gasteiger partial charge in [-0.1, -0.05) is 43.7 Å². The molecular formula is C20H21N3O2. The molecule has 0 unspecified atom stereocenters. The Morgan fingerprint density at radius 3 is 2.60 bits per heavy atom. The molecular weight excluding hydrogens is 314 g/mol. The van der Waals surface area contributed by atoms with Gasteiger partial charge in [0.05, 0.1) is 18.9 Å². The third-order valence-electron chi connectivity index (χ3n) is 3.56. The van der Waals surface area contributed by atoms with Gasteiger partial charge in [0.25, 0.3) is 5.91 Å². The molecule has 0 aromatic heterocycles. The van der Waals surface area contributed by atoms with Crippen molar-refractivity contribution in [3.8, 4) is 11.8 Å². The Bertz CT molecular complexity index is 734. The molecule has 2 aromatic carbocycles. The van der Waals surface area contributed by atoms with E-state index >= 15 is 0 Å². The Morgan fingerprint density at radius 2 is 1.96 bits per heavy atom. The summed E-state index contributed by atoms with van der Waals surface area (Å²) in [5.41, 5.74) is 3.89. The number of rotatable bonds is 8. The van der Waals surface area contributed by atoms with Gasteiger partial charge >= 0.3 is 0 Å². The van der Waals surface area contributed by atoms with Gasteiger partial charge in [-0.3, -0.25) is 4.79 Å². The van der Waals surface area contributed by atoms with Gasteiger partial charge in [0.2, 0.25) is 0 Å². The SMILES string of the molecule is CCCCOc1ccc(/C=N\NC(=O)[C@@H](C#N)c2ccccc2)cc1. The molecule has 2 aromatic rings. The van der Waals surface area contributed by atoms with Gasteiger partial charge in [0, 0.05) is 0 Å². The van der Waals surface area contributed by atoms with Crippen LogP contribution in [-0.4, -0.2) is 18.7 Å². The van der Waals surface area contributed by atoms with Crippen LogP contribution in [0.1, 0.15) is 36.8 Å². The smallest absolute Gasteiger partial charge is 0.261 e. The summed E-state index contributed by atoms with van der Waals surface area (Å²) in [6.07, 6.45) is 3.65. The molecule has 128 valence electrons. The van der Waals surface area contributed by atoms with Crippen molar-refractivity contribution in [3.63, 3.8) is 0 Å². The predicted molar refractivity (Wildman–Crippen MR) is 97.4 cm³/mol. The zero-order valence-electron chi connectivity index (χ0n) is 14.2. The number of carbonyl (C=O) groups excluding carboxylic acids is 1. The summed E-state index contributed by atoms with van der Waals surface area (Å²) in [7, 11) is 0. The predicted octanol–water partition coefficient (Wildman–Crippen LogP) is 3.62. The third-order valence-corrected chi connectivity index (χ3v) is 3.56.